The summed E-state index contributed by atoms with van der Waals surface area (Å²) in [7, 11) is -3.36. The lowest BCUT2D eigenvalue weighted by Crippen LogP contribution is -1.98. The van der Waals surface area contributed by atoms with Gasteiger partial charge in [0.1, 0.15) is 11.2 Å². The van der Waals surface area contributed by atoms with Gasteiger partial charge in [0.15, 0.2) is 5.58 Å². The Labute approximate surface area is 122 Å². The average Bonchev–Trinajstić information content (AvgIpc) is 3.10. The van der Waals surface area contributed by atoms with Crippen LogP contribution < -0.4 is 0 Å². The SMILES string of the molecule is CS(=O)(=O)c1nn2c(-c3nc4ccccc4o3)cnc2s1. The predicted molar refractivity (Wildman–Crippen MR) is 77.0 cm³/mol. The molecule has 0 spiro atoms. The molecule has 9 heteroatoms. The van der Waals surface area contributed by atoms with Crippen molar-refractivity contribution in [3.05, 3.63) is 30.5 Å². The summed E-state index contributed by atoms with van der Waals surface area (Å²) in [5, 5.41) is 4.08. The minimum Gasteiger partial charge on any atom is -0.435 e. The number of hydrogen-bond donors (Lipinski definition) is 0. The van der Waals surface area contributed by atoms with Crippen LogP contribution in [0.5, 0.6) is 0 Å². The van der Waals surface area contributed by atoms with E-state index in [-0.39, 0.29) is 4.34 Å². The second-order valence-corrected chi connectivity index (χ2v) is 7.61. The summed E-state index contributed by atoms with van der Waals surface area (Å²) < 4.78 is 30.2. The summed E-state index contributed by atoms with van der Waals surface area (Å²) in [4.78, 5) is 9.00. The molecule has 4 rings (SSSR count). The Morgan fingerprint density at radius 1 is 1.29 bits per heavy atom. The van der Waals surface area contributed by atoms with Crippen LogP contribution >= 0.6 is 11.3 Å². The highest BCUT2D eigenvalue weighted by Crippen LogP contribution is 2.27. The highest BCUT2D eigenvalue weighted by molar-refractivity contribution is 7.92. The molecular weight excluding hydrogens is 312 g/mol. The summed E-state index contributed by atoms with van der Waals surface area (Å²) in [6.07, 6.45) is 2.68. The van der Waals surface area contributed by atoms with Gasteiger partial charge >= 0.3 is 0 Å². The largest absolute Gasteiger partial charge is 0.435 e. The van der Waals surface area contributed by atoms with Gasteiger partial charge in [0.2, 0.25) is 25.0 Å². The zero-order valence-electron chi connectivity index (χ0n) is 10.7. The van der Waals surface area contributed by atoms with Crippen LogP contribution in [0.1, 0.15) is 0 Å². The molecule has 7 nitrogen and oxygen atoms in total. The highest BCUT2D eigenvalue weighted by atomic mass is 32.2. The quantitative estimate of drug-likeness (QED) is 0.561. The van der Waals surface area contributed by atoms with Crippen molar-refractivity contribution < 1.29 is 12.8 Å². The van der Waals surface area contributed by atoms with Crippen molar-refractivity contribution in [1.29, 1.82) is 0 Å². The molecule has 0 aliphatic rings. The van der Waals surface area contributed by atoms with E-state index in [9.17, 15) is 8.42 Å². The maximum absolute atomic E-state index is 11.6. The van der Waals surface area contributed by atoms with E-state index in [1.807, 2.05) is 24.3 Å². The zero-order valence-corrected chi connectivity index (χ0v) is 12.3. The van der Waals surface area contributed by atoms with Crippen LogP contribution in [-0.4, -0.2) is 34.3 Å². The van der Waals surface area contributed by atoms with Gasteiger partial charge in [-0.3, -0.25) is 0 Å². The molecular formula is C12H8N4O3S2. The molecule has 0 saturated carbocycles. The van der Waals surface area contributed by atoms with Crippen LogP contribution in [0.3, 0.4) is 0 Å². The molecule has 3 aromatic heterocycles. The molecule has 1 aromatic carbocycles. The van der Waals surface area contributed by atoms with Gasteiger partial charge in [0, 0.05) is 6.26 Å². The van der Waals surface area contributed by atoms with Crippen LogP contribution in [0.15, 0.2) is 39.2 Å². The van der Waals surface area contributed by atoms with Crippen molar-refractivity contribution in [2.75, 3.05) is 6.26 Å². The molecule has 0 unspecified atom stereocenters. The number of fused-ring (bicyclic) bond motifs is 2. The van der Waals surface area contributed by atoms with Gasteiger partial charge in [-0.1, -0.05) is 23.5 Å². The Hall–Kier alpha value is -2.26. The summed E-state index contributed by atoms with van der Waals surface area (Å²) >= 11 is 1.01. The molecule has 0 aliphatic heterocycles. The smallest absolute Gasteiger partial charge is 0.248 e. The van der Waals surface area contributed by atoms with Gasteiger partial charge in [-0.25, -0.2) is 18.4 Å². The summed E-state index contributed by atoms with van der Waals surface area (Å²) in [6, 6.07) is 7.37. The Bertz CT molecular complexity index is 1040. The standard InChI is InChI=1S/C12H8N4O3S2/c1-21(17,18)12-15-16-8(6-13-11(16)20-12)10-14-7-4-2-3-5-9(7)19-10/h2-6H,1H3. The normalized spacial score (nSPS) is 12.4. The van der Waals surface area contributed by atoms with Gasteiger partial charge in [-0.15, -0.1) is 5.10 Å². The Morgan fingerprint density at radius 3 is 2.86 bits per heavy atom. The summed E-state index contributed by atoms with van der Waals surface area (Å²) in [6.45, 7) is 0. The van der Waals surface area contributed by atoms with Crippen molar-refractivity contribution in [3.8, 4) is 11.6 Å². The monoisotopic (exact) mass is 320 g/mol. The van der Waals surface area contributed by atoms with Crippen LogP contribution in [-0.2, 0) is 9.84 Å². The molecule has 0 bridgehead atoms. The van der Waals surface area contributed by atoms with Gasteiger partial charge in [0.25, 0.3) is 0 Å². The fraction of sp³-hybridized carbons (Fsp3) is 0.0833. The first kappa shape index (κ1) is 12.5. The van der Waals surface area contributed by atoms with E-state index in [0.717, 1.165) is 23.1 Å². The average molecular weight is 320 g/mol. The predicted octanol–water partition coefficient (Wildman–Crippen LogP) is 2.00. The number of oxazole rings is 1. The number of rotatable bonds is 2. The van der Waals surface area contributed by atoms with Crippen LogP contribution in [0.25, 0.3) is 27.6 Å². The molecule has 0 atom stereocenters. The third-order valence-electron chi connectivity index (χ3n) is 2.90. The van der Waals surface area contributed by atoms with E-state index in [1.165, 1.54) is 4.52 Å². The number of para-hydroxylation sites is 2. The fourth-order valence-electron chi connectivity index (χ4n) is 1.95. The lowest BCUT2D eigenvalue weighted by Gasteiger charge is -1.90. The van der Waals surface area contributed by atoms with Crippen molar-refractivity contribution in [2.24, 2.45) is 0 Å². The first-order valence-electron chi connectivity index (χ1n) is 5.93. The highest BCUT2D eigenvalue weighted by Gasteiger charge is 2.20. The second kappa shape index (κ2) is 4.12. The van der Waals surface area contributed by atoms with Gasteiger partial charge < -0.3 is 4.42 Å². The first-order valence-corrected chi connectivity index (χ1v) is 8.64. The molecule has 3 heterocycles. The molecule has 0 radical (unpaired) electrons. The molecule has 0 fully saturated rings. The molecule has 0 amide bonds. The third kappa shape index (κ3) is 1.93. The number of hydrogen-bond acceptors (Lipinski definition) is 7. The van der Waals surface area contributed by atoms with Crippen molar-refractivity contribution >= 4 is 37.2 Å². The topological polar surface area (TPSA) is 90.4 Å². The van der Waals surface area contributed by atoms with E-state index < -0.39 is 9.84 Å². The molecule has 4 aromatic rings. The number of sulfone groups is 1. The molecule has 0 saturated heterocycles. The first-order chi connectivity index (χ1) is 10.0. The molecule has 0 N–H and O–H groups in total. The Kier molecular flexibility index (Phi) is 2.45. The maximum atomic E-state index is 11.6. The fourth-order valence-corrected chi connectivity index (χ4v) is 3.62. The van der Waals surface area contributed by atoms with E-state index >= 15 is 0 Å². The lowest BCUT2D eigenvalue weighted by atomic mass is 10.3. The number of imidazole rings is 1. The van der Waals surface area contributed by atoms with Gasteiger partial charge in [-0.05, 0) is 12.1 Å². The molecule has 0 aliphatic carbocycles. The maximum Gasteiger partial charge on any atom is 0.248 e. The van der Waals surface area contributed by atoms with Crippen molar-refractivity contribution in [3.63, 3.8) is 0 Å². The minimum atomic E-state index is -3.36. The van der Waals surface area contributed by atoms with E-state index in [4.69, 9.17) is 4.42 Å². The van der Waals surface area contributed by atoms with Crippen molar-refractivity contribution in [1.82, 2.24) is 19.6 Å². The van der Waals surface area contributed by atoms with Crippen LogP contribution in [0.2, 0.25) is 0 Å². The van der Waals surface area contributed by atoms with Crippen molar-refractivity contribution in [2.45, 2.75) is 4.34 Å². The van der Waals surface area contributed by atoms with Crippen LogP contribution in [0, 0.1) is 0 Å². The Morgan fingerprint density at radius 2 is 2.10 bits per heavy atom. The lowest BCUT2D eigenvalue weighted by molar-refractivity contribution is 0.597. The number of aromatic nitrogens is 4. The number of benzene rings is 1. The van der Waals surface area contributed by atoms with Gasteiger partial charge in [-0.2, -0.15) is 4.52 Å². The third-order valence-corrected chi connectivity index (χ3v) is 5.49. The second-order valence-electron chi connectivity index (χ2n) is 4.46. The number of nitrogens with zero attached hydrogens (tertiary/aromatic N) is 4. The Balaban J connectivity index is 1.95. The summed E-state index contributed by atoms with van der Waals surface area (Å²) in [5.74, 6) is 0.356. The molecule has 106 valence electrons. The van der Waals surface area contributed by atoms with Crippen LogP contribution in [0.4, 0.5) is 0 Å². The van der Waals surface area contributed by atoms with E-state index in [2.05, 4.69) is 15.1 Å². The summed E-state index contributed by atoms with van der Waals surface area (Å²) in [5.41, 5.74) is 1.90. The zero-order chi connectivity index (χ0) is 14.6. The van der Waals surface area contributed by atoms with E-state index in [0.29, 0.717) is 22.1 Å². The molecule has 21 heavy (non-hydrogen) atoms. The van der Waals surface area contributed by atoms with E-state index in [1.54, 1.807) is 6.20 Å². The van der Waals surface area contributed by atoms with Gasteiger partial charge in [0.05, 0.1) is 6.20 Å². The minimum absolute atomic E-state index is 0.0166.